The lowest BCUT2D eigenvalue weighted by molar-refractivity contribution is -0.384. The van der Waals surface area contributed by atoms with E-state index in [0.29, 0.717) is 5.69 Å². The minimum atomic E-state index is -0.427. The normalized spacial score (nSPS) is 12.1. The zero-order valence-corrected chi connectivity index (χ0v) is 11.6. The summed E-state index contributed by atoms with van der Waals surface area (Å²) in [4.78, 5) is 13.6. The van der Waals surface area contributed by atoms with Crippen LogP contribution in [0.15, 0.2) is 35.7 Å². The topological polar surface area (TPSA) is 72.4 Å². The highest BCUT2D eigenvalue weighted by Crippen LogP contribution is 2.31. The predicted molar refractivity (Wildman–Crippen MR) is 78.6 cm³/mol. The van der Waals surface area contributed by atoms with E-state index in [-0.39, 0.29) is 11.7 Å². The molecule has 1 unspecified atom stereocenters. The molecule has 0 bridgehead atoms. The van der Waals surface area contributed by atoms with Crippen molar-refractivity contribution in [2.24, 2.45) is 0 Å². The van der Waals surface area contributed by atoms with Gasteiger partial charge in [0.05, 0.1) is 11.0 Å². The van der Waals surface area contributed by atoms with Crippen molar-refractivity contribution in [3.05, 3.63) is 50.7 Å². The summed E-state index contributed by atoms with van der Waals surface area (Å²) in [5, 5.41) is 12.9. The average molecular weight is 277 g/mol. The van der Waals surface area contributed by atoms with Crippen LogP contribution in [0.5, 0.6) is 0 Å². The van der Waals surface area contributed by atoms with Crippen LogP contribution in [0.4, 0.5) is 17.1 Å². The number of nitrogens with two attached hydrogens (primary N) is 1. The van der Waals surface area contributed by atoms with Crippen LogP contribution < -0.4 is 10.6 Å². The maximum Gasteiger partial charge on any atom is 0.273 e. The number of nitrogen functional groups attached to an aromatic ring is 1. The summed E-state index contributed by atoms with van der Waals surface area (Å²) in [7, 11) is 1.91. The van der Waals surface area contributed by atoms with Crippen LogP contribution in [-0.2, 0) is 0 Å². The second kappa shape index (κ2) is 5.27. The molecule has 0 saturated heterocycles. The molecule has 0 aliphatic carbocycles. The highest BCUT2D eigenvalue weighted by molar-refractivity contribution is 7.10. The summed E-state index contributed by atoms with van der Waals surface area (Å²) < 4.78 is 0. The molecule has 0 aliphatic heterocycles. The van der Waals surface area contributed by atoms with E-state index in [0.717, 1.165) is 5.69 Å². The third-order valence-electron chi connectivity index (χ3n) is 3.08. The maximum atomic E-state index is 10.9. The van der Waals surface area contributed by atoms with Crippen LogP contribution in [0.1, 0.15) is 17.8 Å². The number of nitro groups is 1. The van der Waals surface area contributed by atoms with Gasteiger partial charge in [0.2, 0.25) is 0 Å². The third kappa shape index (κ3) is 2.85. The fourth-order valence-corrected chi connectivity index (χ4v) is 2.70. The molecule has 2 aromatic rings. The summed E-state index contributed by atoms with van der Waals surface area (Å²) in [6.07, 6.45) is 0. The van der Waals surface area contributed by atoms with Gasteiger partial charge >= 0.3 is 0 Å². The Bertz CT molecular complexity index is 584. The van der Waals surface area contributed by atoms with Crippen molar-refractivity contribution >= 4 is 28.4 Å². The molecule has 5 nitrogen and oxygen atoms in total. The number of anilines is 2. The Labute approximate surface area is 115 Å². The summed E-state index contributed by atoms with van der Waals surface area (Å²) in [6, 6.07) is 8.84. The fraction of sp³-hybridized carbons (Fsp3) is 0.231. The van der Waals surface area contributed by atoms with Crippen LogP contribution in [0.2, 0.25) is 0 Å². The molecule has 1 aromatic heterocycles. The minimum absolute atomic E-state index is 0.0141. The van der Waals surface area contributed by atoms with Crippen molar-refractivity contribution in [3.63, 3.8) is 0 Å². The number of nitrogens with zero attached hydrogens (tertiary/aromatic N) is 2. The Hall–Kier alpha value is -2.08. The lowest BCUT2D eigenvalue weighted by Crippen LogP contribution is -2.21. The second-order valence-corrected chi connectivity index (χ2v) is 5.32. The summed E-state index contributed by atoms with van der Waals surface area (Å²) >= 11 is 1.66. The molecule has 2 rings (SSSR count). The van der Waals surface area contributed by atoms with E-state index in [9.17, 15) is 10.1 Å². The quantitative estimate of drug-likeness (QED) is 0.528. The van der Waals surface area contributed by atoms with E-state index in [1.54, 1.807) is 23.5 Å². The summed E-state index contributed by atoms with van der Waals surface area (Å²) in [5.74, 6) is 0. The Kier molecular flexibility index (Phi) is 3.71. The van der Waals surface area contributed by atoms with Crippen molar-refractivity contribution in [2.45, 2.75) is 13.0 Å². The number of nitro benzene ring substituents is 1. The first kappa shape index (κ1) is 13.4. The van der Waals surface area contributed by atoms with Crippen molar-refractivity contribution in [1.29, 1.82) is 0 Å². The number of non-ortho nitro benzene ring substituents is 1. The third-order valence-corrected chi connectivity index (χ3v) is 4.12. The number of benzene rings is 1. The lowest BCUT2D eigenvalue weighted by Gasteiger charge is -2.26. The monoisotopic (exact) mass is 277 g/mol. The van der Waals surface area contributed by atoms with Gasteiger partial charge in [-0.1, -0.05) is 6.07 Å². The van der Waals surface area contributed by atoms with Crippen LogP contribution >= 0.6 is 11.3 Å². The van der Waals surface area contributed by atoms with Gasteiger partial charge in [0.25, 0.3) is 5.69 Å². The minimum Gasteiger partial charge on any atom is -0.398 e. The SMILES string of the molecule is CC(c1cccs1)N(C)c1cc(N)cc([N+](=O)[O-])c1. The van der Waals surface area contributed by atoms with E-state index in [1.165, 1.54) is 10.9 Å². The van der Waals surface area contributed by atoms with Crippen LogP contribution in [0.3, 0.4) is 0 Å². The largest absolute Gasteiger partial charge is 0.398 e. The average Bonchev–Trinajstić information content (AvgIpc) is 2.90. The van der Waals surface area contributed by atoms with E-state index in [1.807, 2.05) is 29.5 Å². The second-order valence-electron chi connectivity index (χ2n) is 4.34. The summed E-state index contributed by atoms with van der Waals surface area (Å²) in [6.45, 7) is 2.06. The molecule has 1 aromatic carbocycles. The Morgan fingerprint density at radius 2 is 2.16 bits per heavy atom. The lowest BCUT2D eigenvalue weighted by atomic mass is 10.2. The van der Waals surface area contributed by atoms with Gasteiger partial charge in [-0.15, -0.1) is 11.3 Å². The molecule has 0 aliphatic rings. The molecule has 1 heterocycles. The molecule has 19 heavy (non-hydrogen) atoms. The number of hydrogen-bond acceptors (Lipinski definition) is 5. The van der Waals surface area contributed by atoms with Gasteiger partial charge in [0.15, 0.2) is 0 Å². The Morgan fingerprint density at radius 3 is 2.74 bits per heavy atom. The van der Waals surface area contributed by atoms with Gasteiger partial charge in [-0.3, -0.25) is 10.1 Å². The van der Waals surface area contributed by atoms with Crippen LogP contribution in [-0.4, -0.2) is 12.0 Å². The number of rotatable bonds is 4. The van der Waals surface area contributed by atoms with Crippen molar-refractivity contribution in [3.8, 4) is 0 Å². The molecule has 0 amide bonds. The Morgan fingerprint density at radius 1 is 1.42 bits per heavy atom. The maximum absolute atomic E-state index is 10.9. The van der Waals surface area contributed by atoms with Crippen LogP contribution in [0.25, 0.3) is 0 Å². The molecular formula is C13H15N3O2S. The fourth-order valence-electron chi connectivity index (χ4n) is 1.87. The van der Waals surface area contributed by atoms with E-state index in [4.69, 9.17) is 5.73 Å². The number of hydrogen-bond donors (Lipinski definition) is 1. The van der Waals surface area contributed by atoms with Crippen molar-refractivity contribution in [2.75, 3.05) is 17.7 Å². The van der Waals surface area contributed by atoms with Gasteiger partial charge < -0.3 is 10.6 Å². The molecule has 0 fully saturated rings. The van der Waals surface area contributed by atoms with Gasteiger partial charge in [-0.2, -0.15) is 0 Å². The van der Waals surface area contributed by atoms with Gasteiger partial charge in [0, 0.05) is 35.4 Å². The highest BCUT2D eigenvalue weighted by Gasteiger charge is 2.16. The molecule has 6 heteroatoms. The van der Waals surface area contributed by atoms with Crippen LogP contribution in [0, 0.1) is 10.1 Å². The first-order valence-corrected chi connectivity index (χ1v) is 6.68. The van der Waals surface area contributed by atoms with Crippen molar-refractivity contribution < 1.29 is 4.92 Å². The van der Waals surface area contributed by atoms with Gasteiger partial charge in [0.1, 0.15) is 0 Å². The molecule has 100 valence electrons. The highest BCUT2D eigenvalue weighted by atomic mass is 32.1. The Balaban J connectivity index is 2.33. The smallest absolute Gasteiger partial charge is 0.273 e. The van der Waals surface area contributed by atoms with Crippen molar-refractivity contribution in [1.82, 2.24) is 0 Å². The van der Waals surface area contributed by atoms with E-state index < -0.39 is 4.92 Å². The molecule has 1 atom stereocenters. The van der Waals surface area contributed by atoms with Gasteiger partial charge in [-0.05, 0) is 24.4 Å². The van der Waals surface area contributed by atoms with Gasteiger partial charge in [-0.25, -0.2) is 0 Å². The standard InChI is InChI=1S/C13H15N3O2S/c1-9(13-4-3-5-19-13)15(2)11-6-10(14)7-12(8-11)16(17)18/h3-9H,14H2,1-2H3. The predicted octanol–water partition coefficient (Wildman–Crippen LogP) is 3.44. The first-order valence-electron chi connectivity index (χ1n) is 5.80. The molecule has 0 spiro atoms. The summed E-state index contributed by atoms with van der Waals surface area (Å²) in [5.41, 5.74) is 6.88. The van der Waals surface area contributed by atoms with E-state index in [2.05, 4.69) is 6.92 Å². The first-order chi connectivity index (χ1) is 8.99. The molecule has 2 N–H and O–H groups in total. The number of thiophene rings is 1. The zero-order chi connectivity index (χ0) is 14.0. The zero-order valence-electron chi connectivity index (χ0n) is 10.7. The molecule has 0 saturated carbocycles. The van der Waals surface area contributed by atoms with E-state index >= 15 is 0 Å². The molecule has 0 radical (unpaired) electrons. The molecular weight excluding hydrogens is 262 g/mol.